The van der Waals surface area contributed by atoms with Crippen LogP contribution >= 0.6 is 0 Å². The molecule has 0 aromatic carbocycles. The number of rotatable bonds is 0. The Hall–Kier alpha value is 3.49. The summed E-state index contributed by atoms with van der Waals surface area (Å²) in [5.41, 5.74) is 0. The van der Waals surface area contributed by atoms with Crippen molar-refractivity contribution in [1.82, 2.24) is 0 Å². The van der Waals surface area contributed by atoms with Crippen molar-refractivity contribution in [2.75, 3.05) is 0 Å². The van der Waals surface area contributed by atoms with Crippen molar-refractivity contribution in [2.45, 2.75) is 0 Å². The average Bonchev–Trinajstić information content (AvgIpc) is 0. The number of hydrogen-bond acceptors (Lipinski definition) is 0. The van der Waals surface area contributed by atoms with Gasteiger partial charge in [-0.25, -0.2) is 0 Å². The fourth-order valence-electron chi connectivity index (χ4n) is 0. The van der Waals surface area contributed by atoms with E-state index in [4.69, 9.17) is 0 Å². The zero-order valence-electron chi connectivity index (χ0n) is 1.95. The van der Waals surface area contributed by atoms with Crippen LogP contribution < -0.4 is 0 Å². The van der Waals surface area contributed by atoms with Crippen LogP contribution in [0, 0.1) is 40.8 Å². The maximum absolute atomic E-state index is 0. The number of hydrogen-bond donors (Lipinski definition) is 0. The summed E-state index contributed by atoms with van der Waals surface area (Å²) >= 11 is 0. The minimum atomic E-state index is 0. The summed E-state index contributed by atoms with van der Waals surface area (Å²) in [4.78, 5) is 0. The minimum absolute atomic E-state index is 0. The van der Waals surface area contributed by atoms with Crippen LogP contribution in [0.15, 0.2) is 0 Å². The topological polar surface area (TPSA) is 0 Å². The molecule has 0 saturated heterocycles. The van der Waals surface area contributed by atoms with Gasteiger partial charge in [0.25, 0.3) is 0 Å². The molecule has 1 radical (unpaired) electrons. The standard InChI is InChI=1S/BH3.Co.Cr.2Fe.Nd/h1H3;;;;;. The van der Waals surface area contributed by atoms with Gasteiger partial charge in [0.15, 0.2) is 0 Å². The maximum Gasteiger partial charge on any atom is 0.0814 e. The molecule has 41 valence electrons. The second-order valence-electron chi connectivity index (χ2n) is 0. The largest absolute Gasteiger partial charge is 0.0814 e. The molecular formula is H3BCoCrFe2Nd. The third-order valence-electron chi connectivity index (χ3n) is 0. The van der Waals surface area contributed by atoms with E-state index in [2.05, 4.69) is 0 Å². The van der Waals surface area contributed by atoms with Gasteiger partial charge in [-0.3, -0.25) is 0 Å². The fraction of sp³-hybridized carbons (Fsp3) is 0. The molecule has 0 aliphatic rings. The van der Waals surface area contributed by atoms with Gasteiger partial charge < -0.3 is 0 Å². The predicted molar refractivity (Wildman–Crippen MR) is 9.94 cm³/mol. The van der Waals surface area contributed by atoms with E-state index in [-0.39, 0.29) is 118 Å². The molecule has 6 heavy (non-hydrogen) atoms. The maximum atomic E-state index is 0. The Bertz CT molecular complexity index is 13.5. The van der Waals surface area contributed by atoms with Gasteiger partial charge in [-0.15, -0.1) is 0 Å². The molecule has 0 unspecified atom stereocenters. The average molecular weight is 381 g/mol. The molecule has 0 atom stereocenters. The van der Waals surface area contributed by atoms with Crippen LogP contribution in [0.2, 0.25) is 0 Å². The third kappa shape index (κ3) is 25.9. The molecule has 0 rings (SSSR count). The van der Waals surface area contributed by atoms with Gasteiger partial charge in [0.1, 0.15) is 0 Å². The van der Waals surface area contributed by atoms with E-state index in [0.717, 1.165) is 0 Å². The molecule has 0 nitrogen and oxygen atoms in total. The Labute approximate surface area is 115 Å². The Balaban J connectivity index is 0. The van der Waals surface area contributed by atoms with Crippen molar-refractivity contribution >= 4 is 8.41 Å². The van der Waals surface area contributed by atoms with E-state index in [0.29, 0.717) is 0 Å². The molecule has 0 aliphatic carbocycles. The molecule has 0 amide bonds. The zero-order chi connectivity index (χ0) is 0. The smallest absolute Gasteiger partial charge is 0 e. The summed E-state index contributed by atoms with van der Waals surface area (Å²) in [6, 6.07) is 0. The second kappa shape index (κ2) is 39.1. The molecule has 0 N–H and O–H groups in total. The first-order valence-corrected chi connectivity index (χ1v) is 0. The van der Waals surface area contributed by atoms with Crippen molar-refractivity contribution in [2.24, 2.45) is 0 Å². The van der Waals surface area contributed by atoms with Crippen LogP contribution in [-0.4, -0.2) is 8.41 Å². The van der Waals surface area contributed by atoms with Crippen LogP contribution in [0.25, 0.3) is 0 Å². The van der Waals surface area contributed by atoms with E-state index in [1.54, 1.807) is 0 Å². The molecule has 0 heterocycles. The van der Waals surface area contributed by atoms with E-state index in [1.165, 1.54) is 0 Å². The molecule has 6 heteroatoms. The van der Waals surface area contributed by atoms with Crippen LogP contribution in [0.4, 0.5) is 0 Å². The second-order valence-corrected chi connectivity index (χ2v) is 0. The summed E-state index contributed by atoms with van der Waals surface area (Å²) < 4.78 is 0. The molecule has 0 aromatic heterocycles. The van der Waals surface area contributed by atoms with Crippen molar-refractivity contribution in [1.29, 1.82) is 0 Å². The summed E-state index contributed by atoms with van der Waals surface area (Å²) in [6.07, 6.45) is 0. The van der Waals surface area contributed by atoms with E-state index in [1.807, 2.05) is 0 Å². The van der Waals surface area contributed by atoms with Crippen molar-refractivity contribution in [3.63, 3.8) is 0 Å². The summed E-state index contributed by atoms with van der Waals surface area (Å²) in [5.74, 6) is 0. The Morgan fingerprint density at radius 2 is 0.833 bits per heavy atom. The molecule has 0 spiro atoms. The summed E-state index contributed by atoms with van der Waals surface area (Å²) in [7, 11) is 0. The third-order valence-corrected chi connectivity index (χ3v) is 0. The van der Waals surface area contributed by atoms with Gasteiger partial charge >= 0.3 is 0 Å². The molecule has 0 aliphatic heterocycles. The Morgan fingerprint density at radius 3 is 0.833 bits per heavy atom. The normalized spacial score (nSPS) is 0. The SMILES string of the molecule is B.[Co].[Cr].[Fe].[Fe].[Nd]. The first-order valence-electron chi connectivity index (χ1n) is 0. The molecule has 0 saturated carbocycles. The minimum Gasteiger partial charge on any atom is 0 e. The van der Waals surface area contributed by atoms with Gasteiger partial charge in [-0.1, -0.05) is 0 Å². The zero-order valence-corrected chi connectivity index (χ0v) is 9.68. The van der Waals surface area contributed by atoms with Gasteiger partial charge in [0.05, 0.1) is 8.41 Å². The van der Waals surface area contributed by atoms with Gasteiger partial charge in [0, 0.05) is 109 Å². The van der Waals surface area contributed by atoms with E-state index >= 15 is 0 Å². The van der Waals surface area contributed by atoms with Gasteiger partial charge in [0.2, 0.25) is 0 Å². The van der Waals surface area contributed by atoms with Crippen molar-refractivity contribution < 1.29 is 109 Å². The predicted octanol–water partition coefficient (Wildman–Crippen LogP) is -1.19. The van der Waals surface area contributed by atoms with Gasteiger partial charge in [-0.2, -0.15) is 0 Å². The van der Waals surface area contributed by atoms with Crippen LogP contribution in [0.5, 0.6) is 0 Å². The molecule has 0 aromatic rings. The first-order chi connectivity index (χ1) is 0. The first kappa shape index (κ1) is 56.1. The van der Waals surface area contributed by atoms with Crippen molar-refractivity contribution in [3.05, 3.63) is 0 Å². The Kier molecular flexibility index (Phi) is 365. The molecular weight excluding hydrogens is 378 g/mol. The quantitative estimate of drug-likeness (QED) is 0.464. The molecule has 0 bridgehead atoms. The van der Waals surface area contributed by atoms with Crippen molar-refractivity contribution in [3.8, 4) is 0 Å². The van der Waals surface area contributed by atoms with Gasteiger partial charge in [-0.05, 0) is 0 Å². The summed E-state index contributed by atoms with van der Waals surface area (Å²) in [5, 5.41) is 0. The van der Waals surface area contributed by atoms with E-state index < -0.39 is 0 Å². The summed E-state index contributed by atoms with van der Waals surface area (Å²) in [6.45, 7) is 0. The van der Waals surface area contributed by atoms with E-state index in [9.17, 15) is 0 Å². The molecule has 0 fully saturated rings. The van der Waals surface area contributed by atoms with Crippen LogP contribution in [0.3, 0.4) is 0 Å². The van der Waals surface area contributed by atoms with Crippen LogP contribution in [0.1, 0.15) is 0 Å². The Morgan fingerprint density at radius 1 is 0.833 bits per heavy atom. The fourth-order valence-corrected chi connectivity index (χ4v) is 0. The van der Waals surface area contributed by atoms with Crippen LogP contribution in [-0.2, 0) is 68.3 Å². The monoisotopic (exact) mass is 379 g/mol.